The Labute approximate surface area is 94.9 Å². The van der Waals surface area contributed by atoms with Crippen LogP contribution in [0.2, 0.25) is 0 Å². The van der Waals surface area contributed by atoms with Gasteiger partial charge < -0.3 is 9.47 Å². The first-order valence-corrected chi connectivity index (χ1v) is 4.39. The Hall–Kier alpha value is -2.38. The van der Waals surface area contributed by atoms with Crippen LogP contribution in [0.25, 0.3) is 0 Å². The zero-order valence-electron chi connectivity index (χ0n) is 8.54. The maximum atomic E-state index is 10.8. The second kappa shape index (κ2) is 7.85. The van der Waals surface area contributed by atoms with Gasteiger partial charge in [0.15, 0.2) is 0 Å². The van der Waals surface area contributed by atoms with E-state index < -0.39 is 23.9 Å². The molecule has 0 heterocycles. The summed E-state index contributed by atoms with van der Waals surface area (Å²) in [6.07, 6.45) is -0.992. The number of carbonyl (C=O) groups is 6. The monoisotopic (exact) mass is 244 g/mol. The summed E-state index contributed by atoms with van der Waals surface area (Å²) in [6.45, 7) is 0. The lowest BCUT2D eigenvalue weighted by Crippen LogP contribution is -2.15. The average Bonchev–Trinajstić information content (AvgIpc) is 2.28. The van der Waals surface area contributed by atoms with Gasteiger partial charge in [-0.05, 0) is 6.42 Å². The van der Waals surface area contributed by atoms with Gasteiger partial charge in [0.2, 0.25) is 12.6 Å². The van der Waals surface area contributed by atoms with Crippen molar-refractivity contribution in [3.05, 3.63) is 0 Å². The van der Waals surface area contributed by atoms with E-state index in [0.717, 1.165) is 0 Å². The molecule has 0 bridgehead atoms. The lowest BCUT2D eigenvalue weighted by Gasteiger charge is -1.99. The minimum Gasteiger partial charge on any atom is -0.387 e. The molecule has 0 rings (SSSR count). The third-order valence-electron chi connectivity index (χ3n) is 1.38. The van der Waals surface area contributed by atoms with Crippen molar-refractivity contribution in [3.63, 3.8) is 0 Å². The summed E-state index contributed by atoms with van der Waals surface area (Å²) in [5, 5.41) is 0. The third-order valence-corrected chi connectivity index (χ3v) is 1.38. The largest absolute Gasteiger partial charge is 0.387 e. The Morgan fingerprint density at radius 3 is 1.41 bits per heavy atom. The van der Waals surface area contributed by atoms with Crippen LogP contribution in [0.3, 0.4) is 0 Å². The molecule has 0 aromatic heterocycles. The van der Waals surface area contributed by atoms with E-state index in [1.807, 2.05) is 0 Å². The van der Waals surface area contributed by atoms with Gasteiger partial charge in [-0.1, -0.05) is 0 Å². The molecule has 17 heavy (non-hydrogen) atoms. The van der Waals surface area contributed by atoms with E-state index in [4.69, 9.17) is 0 Å². The molecule has 0 aliphatic rings. The third kappa shape index (κ3) is 7.54. The first kappa shape index (κ1) is 14.6. The number of rotatable bonds is 6. The number of aldehydes is 2. The molecule has 0 amide bonds. The Bertz CT molecular complexity index is 322. The molecule has 0 aromatic rings. The van der Waals surface area contributed by atoms with Crippen LogP contribution in [0.4, 0.5) is 0 Å². The summed E-state index contributed by atoms with van der Waals surface area (Å²) < 4.78 is 7.92. The van der Waals surface area contributed by atoms with Crippen LogP contribution in [-0.2, 0) is 38.2 Å². The van der Waals surface area contributed by atoms with Crippen molar-refractivity contribution in [3.8, 4) is 0 Å². The van der Waals surface area contributed by atoms with Crippen LogP contribution >= 0.6 is 0 Å². The lowest BCUT2D eigenvalue weighted by molar-refractivity contribution is -0.161. The fourth-order valence-electron chi connectivity index (χ4n) is 0.752. The molecule has 0 aliphatic carbocycles. The van der Waals surface area contributed by atoms with Gasteiger partial charge >= 0.3 is 23.9 Å². The van der Waals surface area contributed by atoms with Crippen molar-refractivity contribution in [2.24, 2.45) is 0 Å². The van der Waals surface area contributed by atoms with Gasteiger partial charge in [-0.3, -0.25) is 19.2 Å². The summed E-state index contributed by atoms with van der Waals surface area (Å²) in [4.78, 5) is 61.8. The molecule has 0 spiro atoms. The van der Waals surface area contributed by atoms with E-state index in [1.165, 1.54) is 0 Å². The van der Waals surface area contributed by atoms with E-state index in [2.05, 4.69) is 9.47 Å². The standard InChI is InChI=1S/C9H8O8/c10-4-8(14)16-6(12)2-1-3-7(13)17-9(15)5-11/h4-5H,1-3H2. The lowest BCUT2D eigenvalue weighted by atomic mass is 10.2. The highest BCUT2D eigenvalue weighted by Gasteiger charge is 2.12. The van der Waals surface area contributed by atoms with Gasteiger partial charge in [0.25, 0.3) is 0 Å². The fraction of sp³-hybridized carbons (Fsp3) is 0.333. The molecule has 0 N–H and O–H groups in total. The molecule has 0 aromatic carbocycles. The second-order valence-corrected chi connectivity index (χ2v) is 2.68. The van der Waals surface area contributed by atoms with Crippen LogP contribution in [0.5, 0.6) is 0 Å². The molecule has 0 aliphatic heterocycles. The smallest absolute Gasteiger partial charge is 0.378 e. The van der Waals surface area contributed by atoms with Crippen molar-refractivity contribution in [1.82, 2.24) is 0 Å². The normalized spacial score (nSPS) is 8.94. The van der Waals surface area contributed by atoms with Crippen LogP contribution < -0.4 is 0 Å². The maximum Gasteiger partial charge on any atom is 0.378 e. The zero-order chi connectivity index (χ0) is 13.3. The molecule has 0 atom stereocenters. The SMILES string of the molecule is O=CC(=O)OC(=O)CCCC(=O)OC(=O)C=O. The van der Waals surface area contributed by atoms with E-state index >= 15 is 0 Å². The van der Waals surface area contributed by atoms with E-state index in [-0.39, 0.29) is 31.8 Å². The van der Waals surface area contributed by atoms with Crippen LogP contribution in [0, 0.1) is 0 Å². The Kier molecular flexibility index (Phi) is 6.75. The Balaban J connectivity index is 3.76. The molecule has 0 saturated carbocycles. The van der Waals surface area contributed by atoms with Crippen molar-refractivity contribution in [2.45, 2.75) is 19.3 Å². The van der Waals surface area contributed by atoms with Crippen LogP contribution in [0.15, 0.2) is 0 Å². The first-order chi connectivity index (χ1) is 7.99. The van der Waals surface area contributed by atoms with E-state index in [1.54, 1.807) is 0 Å². The van der Waals surface area contributed by atoms with Gasteiger partial charge in [0.05, 0.1) is 0 Å². The number of carbonyl (C=O) groups excluding carboxylic acids is 6. The Morgan fingerprint density at radius 1 is 0.765 bits per heavy atom. The molecule has 0 fully saturated rings. The highest BCUT2D eigenvalue weighted by atomic mass is 16.6. The second-order valence-electron chi connectivity index (χ2n) is 2.68. The Morgan fingerprint density at radius 2 is 1.12 bits per heavy atom. The maximum absolute atomic E-state index is 10.8. The number of hydrogen-bond acceptors (Lipinski definition) is 8. The highest BCUT2D eigenvalue weighted by Crippen LogP contribution is 1.99. The van der Waals surface area contributed by atoms with Gasteiger partial charge in [0.1, 0.15) is 0 Å². The zero-order valence-corrected chi connectivity index (χ0v) is 8.54. The molecule has 0 unspecified atom stereocenters. The van der Waals surface area contributed by atoms with Gasteiger partial charge in [-0.25, -0.2) is 9.59 Å². The predicted molar refractivity (Wildman–Crippen MR) is 48.2 cm³/mol. The van der Waals surface area contributed by atoms with E-state index in [0.29, 0.717) is 0 Å². The molecule has 0 saturated heterocycles. The van der Waals surface area contributed by atoms with Crippen LogP contribution in [0.1, 0.15) is 19.3 Å². The number of hydrogen-bond donors (Lipinski definition) is 0. The number of esters is 4. The summed E-state index contributed by atoms with van der Waals surface area (Å²) in [7, 11) is 0. The molecular weight excluding hydrogens is 236 g/mol. The van der Waals surface area contributed by atoms with Crippen LogP contribution in [-0.4, -0.2) is 36.4 Å². The highest BCUT2D eigenvalue weighted by molar-refractivity contribution is 6.23. The first-order valence-electron chi connectivity index (χ1n) is 4.39. The predicted octanol–water partition coefficient (Wildman–Crippen LogP) is -1.31. The summed E-state index contributed by atoms with van der Waals surface area (Å²) in [5.74, 6) is -4.60. The van der Waals surface area contributed by atoms with Gasteiger partial charge in [-0.2, -0.15) is 0 Å². The molecule has 0 radical (unpaired) electrons. The van der Waals surface area contributed by atoms with Gasteiger partial charge in [-0.15, -0.1) is 0 Å². The minimum atomic E-state index is -1.33. The van der Waals surface area contributed by atoms with Crippen molar-refractivity contribution >= 4 is 36.4 Å². The summed E-state index contributed by atoms with van der Waals surface area (Å²) >= 11 is 0. The molecular formula is C9H8O8. The van der Waals surface area contributed by atoms with Crippen molar-refractivity contribution in [2.75, 3.05) is 0 Å². The quantitative estimate of drug-likeness (QED) is 0.244. The van der Waals surface area contributed by atoms with Gasteiger partial charge in [0, 0.05) is 12.8 Å². The molecule has 8 heteroatoms. The minimum absolute atomic E-state index is 0.0457. The topological polar surface area (TPSA) is 121 Å². The van der Waals surface area contributed by atoms with Crippen molar-refractivity contribution in [1.29, 1.82) is 0 Å². The molecule has 92 valence electrons. The number of ether oxygens (including phenoxy) is 2. The van der Waals surface area contributed by atoms with E-state index in [9.17, 15) is 28.8 Å². The van der Waals surface area contributed by atoms with Crippen molar-refractivity contribution < 1.29 is 38.2 Å². The fourth-order valence-corrected chi connectivity index (χ4v) is 0.752. The summed E-state index contributed by atoms with van der Waals surface area (Å²) in [6, 6.07) is 0. The summed E-state index contributed by atoms with van der Waals surface area (Å²) in [5.41, 5.74) is 0. The molecule has 8 nitrogen and oxygen atoms in total. The average molecular weight is 244 g/mol.